The van der Waals surface area contributed by atoms with Gasteiger partial charge in [0.15, 0.2) is 0 Å². The van der Waals surface area contributed by atoms with Gasteiger partial charge in [0.05, 0.1) is 0 Å². The fourth-order valence-electron chi connectivity index (χ4n) is 3.25. The van der Waals surface area contributed by atoms with Crippen LogP contribution in [0.2, 0.25) is 5.02 Å². The Bertz CT molecular complexity index is 920. The summed E-state index contributed by atoms with van der Waals surface area (Å²) in [5.41, 5.74) is 0.331. The zero-order chi connectivity index (χ0) is 21.9. The zero-order valence-electron chi connectivity index (χ0n) is 15.4. The minimum absolute atomic E-state index is 0.0853. The molecular formula is C20H17ClF4N2O3. The number of carbonyl (C=O) groups excluding carboxylic acids is 2. The molecular weight excluding hydrogens is 428 g/mol. The van der Waals surface area contributed by atoms with Crippen molar-refractivity contribution in [2.24, 2.45) is 0 Å². The molecule has 0 heterocycles. The Labute approximate surface area is 174 Å². The molecule has 10 heteroatoms. The zero-order valence-corrected chi connectivity index (χ0v) is 16.2. The highest BCUT2D eigenvalue weighted by Gasteiger charge is 2.47. The monoisotopic (exact) mass is 444 g/mol. The molecule has 1 N–H and O–H groups in total. The number of benzene rings is 2. The average molecular weight is 445 g/mol. The van der Waals surface area contributed by atoms with Crippen molar-refractivity contribution in [1.29, 1.82) is 0 Å². The molecule has 0 spiro atoms. The van der Waals surface area contributed by atoms with Crippen LogP contribution in [0.5, 0.6) is 5.75 Å². The molecule has 3 rings (SSSR count). The van der Waals surface area contributed by atoms with Crippen LogP contribution in [0.3, 0.4) is 0 Å². The summed E-state index contributed by atoms with van der Waals surface area (Å²) in [7, 11) is 0. The van der Waals surface area contributed by atoms with Gasteiger partial charge >= 0.3 is 6.61 Å². The molecule has 0 bridgehead atoms. The van der Waals surface area contributed by atoms with Crippen LogP contribution in [-0.4, -0.2) is 30.9 Å². The van der Waals surface area contributed by atoms with Gasteiger partial charge in [0, 0.05) is 41.2 Å². The molecule has 0 saturated heterocycles. The summed E-state index contributed by atoms with van der Waals surface area (Å²) in [6.45, 7) is -3.08. The molecule has 0 aromatic heterocycles. The maximum absolute atomic E-state index is 13.2. The first-order chi connectivity index (χ1) is 14.2. The van der Waals surface area contributed by atoms with E-state index in [9.17, 15) is 27.2 Å². The van der Waals surface area contributed by atoms with Gasteiger partial charge in [0.25, 0.3) is 5.92 Å². The highest BCUT2D eigenvalue weighted by molar-refractivity contribution is 6.31. The van der Waals surface area contributed by atoms with Crippen molar-refractivity contribution in [1.82, 2.24) is 5.32 Å². The van der Waals surface area contributed by atoms with E-state index in [-0.39, 0.29) is 22.0 Å². The quantitative estimate of drug-likeness (QED) is 0.479. The Morgan fingerprint density at radius 2 is 1.90 bits per heavy atom. The molecule has 1 aliphatic rings. The highest BCUT2D eigenvalue weighted by atomic mass is 35.5. The van der Waals surface area contributed by atoms with Crippen molar-refractivity contribution in [3.05, 3.63) is 59.1 Å². The fourth-order valence-corrected chi connectivity index (χ4v) is 3.49. The maximum Gasteiger partial charge on any atom is 0.387 e. The lowest BCUT2D eigenvalue weighted by Crippen LogP contribution is -2.53. The third-order valence-corrected chi connectivity index (χ3v) is 4.96. The van der Waals surface area contributed by atoms with Gasteiger partial charge in [-0.2, -0.15) is 8.78 Å². The second kappa shape index (κ2) is 8.91. The van der Waals surface area contributed by atoms with Crippen LogP contribution in [-0.2, 0) is 9.59 Å². The Balaban J connectivity index is 1.95. The van der Waals surface area contributed by atoms with E-state index >= 15 is 0 Å². The molecule has 1 fully saturated rings. The van der Waals surface area contributed by atoms with Crippen LogP contribution in [0.15, 0.2) is 48.5 Å². The summed E-state index contributed by atoms with van der Waals surface area (Å²) >= 11 is 6.21. The van der Waals surface area contributed by atoms with Gasteiger partial charge in [-0.1, -0.05) is 35.9 Å². The van der Waals surface area contributed by atoms with Crippen LogP contribution in [0.4, 0.5) is 23.2 Å². The Morgan fingerprint density at radius 1 is 1.20 bits per heavy atom. The summed E-state index contributed by atoms with van der Waals surface area (Å²) in [5, 5.41) is 2.67. The molecule has 1 atom stereocenters. The van der Waals surface area contributed by atoms with E-state index in [1.165, 1.54) is 30.3 Å². The molecule has 2 amide bonds. The molecule has 0 aliphatic heterocycles. The second-order valence-electron chi connectivity index (χ2n) is 6.78. The standard InChI is InChI=1S/C20H17ClF4N2O3/c21-16-7-2-1-6-15(16)17(18(29)26-12-9-20(24,25)10-12)27(11-28)13-4-3-5-14(8-13)30-19(22)23/h1-8,11-12,17,19H,9-10H2,(H,26,29). The van der Waals surface area contributed by atoms with Gasteiger partial charge in [-0.05, 0) is 18.2 Å². The smallest absolute Gasteiger partial charge is 0.387 e. The number of anilines is 1. The van der Waals surface area contributed by atoms with Gasteiger partial charge in [0.2, 0.25) is 12.3 Å². The van der Waals surface area contributed by atoms with Gasteiger partial charge in [-0.15, -0.1) is 0 Å². The van der Waals surface area contributed by atoms with Crippen molar-refractivity contribution in [3.8, 4) is 5.75 Å². The van der Waals surface area contributed by atoms with Crippen LogP contribution in [0.25, 0.3) is 0 Å². The summed E-state index contributed by atoms with van der Waals surface area (Å²) in [5.74, 6) is -3.79. The number of hydrogen-bond acceptors (Lipinski definition) is 3. The minimum Gasteiger partial charge on any atom is -0.435 e. The van der Waals surface area contributed by atoms with Crippen molar-refractivity contribution >= 4 is 29.6 Å². The van der Waals surface area contributed by atoms with Crippen LogP contribution >= 0.6 is 11.6 Å². The summed E-state index contributed by atoms with van der Waals surface area (Å²) in [4.78, 5) is 25.9. The maximum atomic E-state index is 13.2. The third-order valence-electron chi connectivity index (χ3n) is 4.62. The van der Waals surface area contributed by atoms with Gasteiger partial charge < -0.3 is 10.1 Å². The van der Waals surface area contributed by atoms with E-state index in [2.05, 4.69) is 10.1 Å². The fraction of sp³-hybridized carbons (Fsp3) is 0.300. The molecule has 160 valence electrons. The normalized spacial score (nSPS) is 16.5. The Hall–Kier alpha value is -2.81. The summed E-state index contributed by atoms with van der Waals surface area (Å²) < 4.78 is 55.7. The average Bonchev–Trinajstić information content (AvgIpc) is 2.65. The molecule has 2 aromatic carbocycles. The first kappa shape index (κ1) is 21.9. The minimum atomic E-state index is -3.08. The molecule has 1 unspecified atom stereocenters. The number of hydrogen-bond donors (Lipinski definition) is 1. The SMILES string of the molecule is O=CN(c1cccc(OC(F)F)c1)C(C(=O)NC1CC(F)(F)C1)c1ccccc1Cl. The highest BCUT2D eigenvalue weighted by Crippen LogP contribution is 2.38. The van der Waals surface area contributed by atoms with E-state index in [0.717, 1.165) is 11.0 Å². The lowest BCUT2D eigenvalue weighted by atomic mass is 9.87. The number of nitrogens with zero attached hydrogens (tertiary/aromatic N) is 1. The largest absolute Gasteiger partial charge is 0.435 e. The number of amides is 2. The number of rotatable bonds is 8. The van der Waals surface area contributed by atoms with Crippen molar-refractivity contribution in [2.75, 3.05) is 4.90 Å². The third kappa shape index (κ3) is 5.02. The van der Waals surface area contributed by atoms with Crippen molar-refractivity contribution in [3.63, 3.8) is 0 Å². The second-order valence-corrected chi connectivity index (χ2v) is 7.19. The predicted molar refractivity (Wildman–Crippen MR) is 102 cm³/mol. The van der Waals surface area contributed by atoms with Crippen LogP contribution in [0, 0.1) is 0 Å². The van der Waals surface area contributed by atoms with E-state index in [0.29, 0.717) is 6.41 Å². The van der Waals surface area contributed by atoms with Gasteiger partial charge in [0.1, 0.15) is 11.8 Å². The Morgan fingerprint density at radius 3 is 2.50 bits per heavy atom. The number of halogens is 5. The molecule has 30 heavy (non-hydrogen) atoms. The summed E-state index contributed by atoms with van der Waals surface area (Å²) in [6, 6.07) is 9.39. The topological polar surface area (TPSA) is 58.6 Å². The van der Waals surface area contributed by atoms with E-state index in [1.54, 1.807) is 12.1 Å². The van der Waals surface area contributed by atoms with Crippen LogP contribution < -0.4 is 15.0 Å². The van der Waals surface area contributed by atoms with Gasteiger partial charge in [-0.3, -0.25) is 14.5 Å². The predicted octanol–water partition coefficient (Wildman–Crippen LogP) is 4.56. The lowest BCUT2D eigenvalue weighted by Gasteiger charge is -2.37. The van der Waals surface area contributed by atoms with Gasteiger partial charge in [-0.25, -0.2) is 8.78 Å². The first-order valence-corrected chi connectivity index (χ1v) is 9.29. The number of alkyl halides is 4. The molecule has 1 saturated carbocycles. The Kier molecular flexibility index (Phi) is 6.50. The van der Waals surface area contributed by atoms with Crippen molar-refractivity contribution in [2.45, 2.75) is 37.5 Å². The van der Waals surface area contributed by atoms with Crippen molar-refractivity contribution < 1.29 is 31.9 Å². The van der Waals surface area contributed by atoms with Crippen LogP contribution in [0.1, 0.15) is 24.4 Å². The van der Waals surface area contributed by atoms with E-state index < -0.39 is 43.4 Å². The van der Waals surface area contributed by atoms with E-state index in [4.69, 9.17) is 11.6 Å². The molecule has 0 radical (unpaired) electrons. The number of carbonyl (C=O) groups is 2. The lowest BCUT2D eigenvalue weighted by molar-refractivity contribution is -0.131. The number of nitrogens with one attached hydrogen (secondary N) is 1. The first-order valence-electron chi connectivity index (χ1n) is 8.91. The number of ether oxygens (including phenoxy) is 1. The van der Waals surface area contributed by atoms with E-state index in [1.807, 2.05) is 0 Å². The molecule has 5 nitrogen and oxygen atoms in total. The summed E-state index contributed by atoms with van der Waals surface area (Å²) in [6.07, 6.45) is -0.677. The molecule has 2 aromatic rings. The molecule has 1 aliphatic carbocycles.